The number of nitrogens with one attached hydrogen (secondary N) is 8. The molecule has 25 nitrogen and oxygen atoms in total. The van der Waals surface area contributed by atoms with E-state index in [1.807, 2.05) is 63.9 Å². The summed E-state index contributed by atoms with van der Waals surface area (Å²) in [5.41, 5.74) is 20.6. The molecule has 10 aromatic rings. The Labute approximate surface area is 592 Å². The number of anilines is 1. The van der Waals surface area contributed by atoms with E-state index in [0.717, 1.165) is 241 Å². The predicted molar refractivity (Wildman–Crippen MR) is 404 cm³/mol. The van der Waals surface area contributed by atoms with Crippen LogP contribution in [0.15, 0.2) is 84.7 Å². The van der Waals surface area contributed by atoms with Gasteiger partial charge in [-0.2, -0.15) is 30.6 Å². The zero-order valence-corrected chi connectivity index (χ0v) is 60.4. The van der Waals surface area contributed by atoms with Crippen molar-refractivity contribution in [2.45, 2.75) is 112 Å². The second kappa shape index (κ2) is 34.4. The van der Waals surface area contributed by atoms with Crippen LogP contribution in [0.25, 0.3) is 72.4 Å². The van der Waals surface area contributed by atoms with E-state index < -0.39 is 0 Å². The fourth-order valence-corrected chi connectivity index (χ4v) is 14.0. The number of aromatic amines is 6. The van der Waals surface area contributed by atoms with E-state index in [9.17, 15) is 4.79 Å². The minimum atomic E-state index is -0.0679. The van der Waals surface area contributed by atoms with E-state index in [1.54, 1.807) is 12.3 Å². The first-order chi connectivity index (χ1) is 49.3. The minimum Gasteiger partial charge on any atom is -0.492 e. The predicted octanol–water partition coefficient (Wildman–Crippen LogP) is 11.2. The smallest absolute Gasteiger partial charge is 0.239 e. The number of unbranched alkanes of at least 4 members (excludes halogenated alkanes) is 1. The lowest BCUT2D eigenvalue weighted by atomic mass is 9.85. The number of fused-ring (bicyclic) bond motifs is 6. The maximum Gasteiger partial charge on any atom is 0.239 e. The molecular weight excluding hydrogens is 1270 g/mol. The third kappa shape index (κ3) is 17.6. The molecule has 15 rings (SSSR count). The number of aliphatic imine (C=N–C) groups is 1. The van der Waals surface area contributed by atoms with Crippen molar-refractivity contribution >= 4 is 61.9 Å². The summed E-state index contributed by atoms with van der Waals surface area (Å²) in [5, 5.41) is 53.5. The third-order valence-corrected chi connectivity index (χ3v) is 20.0. The van der Waals surface area contributed by atoms with E-state index in [2.05, 4.69) is 156 Å². The lowest BCUT2D eigenvalue weighted by Gasteiger charge is -2.32. The second-order valence-corrected chi connectivity index (χ2v) is 27.3. The van der Waals surface area contributed by atoms with Crippen molar-refractivity contribution in [2.75, 3.05) is 131 Å². The molecule has 0 saturated carbocycles. The third-order valence-electron chi connectivity index (χ3n) is 20.0. The van der Waals surface area contributed by atoms with Crippen molar-refractivity contribution < 1.29 is 14.3 Å². The average molecular weight is 1370 g/mol. The van der Waals surface area contributed by atoms with Gasteiger partial charge in [0.1, 0.15) is 22.7 Å². The van der Waals surface area contributed by atoms with Crippen LogP contribution >= 0.6 is 0 Å². The highest BCUT2D eigenvalue weighted by atomic mass is 16.5. The summed E-state index contributed by atoms with van der Waals surface area (Å²) in [6, 6.07) is 8.25. The van der Waals surface area contributed by atoms with Crippen molar-refractivity contribution in [1.29, 1.82) is 0 Å². The fraction of sp³-hybridized carbons (Fsp3) is 0.474. The van der Waals surface area contributed by atoms with Crippen LogP contribution in [0.1, 0.15) is 117 Å². The van der Waals surface area contributed by atoms with Gasteiger partial charge >= 0.3 is 0 Å². The van der Waals surface area contributed by atoms with Crippen LogP contribution in [0.4, 0.5) is 11.5 Å². The highest BCUT2D eigenvalue weighted by Gasteiger charge is 2.27. The number of pyridine rings is 2. The maximum atomic E-state index is 12.9. The van der Waals surface area contributed by atoms with Gasteiger partial charge in [0.25, 0.3) is 0 Å². The van der Waals surface area contributed by atoms with E-state index in [-0.39, 0.29) is 5.91 Å². The second-order valence-electron chi connectivity index (χ2n) is 27.3. The van der Waals surface area contributed by atoms with Crippen molar-refractivity contribution in [1.82, 2.24) is 101 Å². The number of piperazine rings is 3. The average Bonchev–Trinajstić information content (AvgIpc) is 1.28. The number of allylic oxidation sites excluding steroid dienone is 2. The van der Waals surface area contributed by atoms with Gasteiger partial charge in [-0.1, -0.05) is 26.0 Å². The van der Waals surface area contributed by atoms with Gasteiger partial charge in [-0.05, 0) is 160 Å². The summed E-state index contributed by atoms with van der Waals surface area (Å²) in [6.07, 6.45) is 28.4. The Kier molecular flexibility index (Phi) is 24.4. The molecule has 2 aliphatic carbocycles. The molecule has 0 unspecified atom stereocenters. The Hall–Kier alpha value is -9.24. The molecule has 3 saturated heterocycles. The molecule has 5 aliphatic rings. The Bertz CT molecular complexity index is 4450. The molecule has 0 radical (unpaired) electrons. The molecule has 11 heterocycles. The molecular formula is C76H102N22O3. The number of carbonyl (C=O) groups is 1. The molecule has 3 aliphatic heterocycles. The summed E-state index contributed by atoms with van der Waals surface area (Å²) in [7, 11) is 6.45. The molecule has 2 aromatic carbocycles. The van der Waals surface area contributed by atoms with Crippen molar-refractivity contribution in [3.8, 4) is 45.1 Å². The van der Waals surface area contributed by atoms with E-state index in [4.69, 9.17) is 24.4 Å². The summed E-state index contributed by atoms with van der Waals surface area (Å²) in [5.74, 6) is 2.06. The van der Waals surface area contributed by atoms with Crippen molar-refractivity contribution in [3.63, 3.8) is 0 Å². The molecule has 25 heteroatoms. The first kappa shape index (κ1) is 71.6. The number of aryl methyl sites for hydroxylation is 5. The number of H-pyrrole nitrogens is 6. The molecule has 0 spiro atoms. The van der Waals surface area contributed by atoms with E-state index in [1.165, 1.54) is 60.9 Å². The first-order valence-corrected chi connectivity index (χ1v) is 36.4. The van der Waals surface area contributed by atoms with Crippen molar-refractivity contribution in [2.24, 2.45) is 4.99 Å². The van der Waals surface area contributed by atoms with Crippen LogP contribution in [0.2, 0.25) is 0 Å². The molecule has 101 heavy (non-hydrogen) atoms. The summed E-state index contributed by atoms with van der Waals surface area (Å²) >= 11 is 0. The van der Waals surface area contributed by atoms with Gasteiger partial charge in [-0.25, -0.2) is 9.98 Å². The summed E-state index contributed by atoms with van der Waals surface area (Å²) in [6.45, 7) is 29.9. The van der Waals surface area contributed by atoms with Gasteiger partial charge in [-0.15, -0.1) is 0 Å². The van der Waals surface area contributed by atoms with Crippen LogP contribution in [0.3, 0.4) is 0 Å². The fourth-order valence-electron chi connectivity index (χ4n) is 14.0. The number of aromatic nitrogens is 14. The number of hydrogen-bond acceptors (Lipinski definition) is 18. The van der Waals surface area contributed by atoms with Gasteiger partial charge in [0.05, 0.1) is 90.1 Å². The normalized spacial score (nSPS) is 16.6. The number of rotatable bonds is 20. The Morgan fingerprint density at radius 2 is 1.34 bits per heavy atom. The number of benzene rings is 2. The standard InChI is InChI=1S/C26H35N7O.C25H34N8O.C20H21N5O.C5H12N2/c1-19-22(18-28-30-19)26(20-7-4-3-5-8-20)29-24-15-21-17-27-31-23(21)16-25(24)34-14-6-9-33-12-10-32(2)11-13-33;1-5-7-8-18-13-22(19-15-27-29-17(19)3)26-14-20(18)24-21(6-2)30-31-25(24)28-23(34)16-33-11-9-32(4)10-12-33;1-3-26-17-8-16-15(10-22-25-16)18-12-6-4-5-7-13(12)19(23-20(17)18)14-9-21-24-11(14)2;1-7-4-2-6-3-5-7/h7,15-18H,3-6,8-14H2,1-2H3,(H,27,31)(H,28,30);6,13-15H,2,5,7-12,16H2,1,3-4H3,(H,27,29)(H2,28,30,31,34);8-10H,3-7H2,1-2H3,(H,21,24)(H,22,25);6H,2-5H2,1H3. The number of hydrogen-bond donors (Lipinski definition) is 8. The Morgan fingerprint density at radius 3 is 2.01 bits per heavy atom. The largest absolute Gasteiger partial charge is 0.492 e. The SMILES string of the molecule is C=Cc1[nH]nc(NC(=O)CN2CCN(C)CC2)c1-c1cnc(-c2cn[nH]c2C)cc1CCCC.CCOc1cc2[nH]ncc2c2c3c(c(-c4cn[nH]c4C)nc12)CCCC3.CN1CCNCC1.Cc1[nH]ncc1C(=Nc1cc2cn[nH]c2cc1OCCCN1CCN(C)CC1)C1=CCCCC1. The highest BCUT2D eigenvalue weighted by Crippen LogP contribution is 2.43. The summed E-state index contributed by atoms with van der Waals surface area (Å²) < 4.78 is 12.3. The molecule has 8 aromatic heterocycles. The van der Waals surface area contributed by atoms with Crippen LogP contribution in [0.5, 0.6) is 11.5 Å². The maximum absolute atomic E-state index is 12.9. The Balaban J connectivity index is 0.000000137. The lowest BCUT2D eigenvalue weighted by molar-refractivity contribution is -0.117. The molecule has 534 valence electrons. The number of ether oxygens (including phenoxy) is 2. The first-order valence-electron chi connectivity index (χ1n) is 36.4. The highest BCUT2D eigenvalue weighted by molar-refractivity contribution is 6.15. The molecule has 8 N–H and O–H groups in total. The van der Waals surface area contributed by atoms with Gasteiger partial charge in [-0.3, -0.25) is 45.3 Å². The van der Waals surface area contributed by atoms with E-state index >= 15 is 0 Å². The van der Waals surface area contributed by atoms with E-state index in [0.29, 0.717) is 25.6 Å². The van der Waals surface area contributed by atoms with Gasteiger partial charge in [0, 0.05) is 159 Å². The van der Waals surface area contributed by atoms with Crippen LogP contribution in [-0.4, -0.2) is 233 Å². The number of likely N-dealkylation sites (N-methyl/N-ethyl adjacent to an activating group) is 3. The molecule has 1 amide bonds. The molecule has 0 bridgehead atoms. The van der Waals surface area contributed by atoms with Gasteiger partial charge in [0.2, 0.25) is 5.91 Å². The van der Waals surface area contributed by atoms with Crippen LogP contribution < -0.4 is 20.1 Å². The van der Waals surface area contributed by atoms with Crippen LogP contribution in [-0.2, 0) is 24.1 Å². The Morgan fingerprint density at radius 1 is 0.663 bits per heavy atom. The zero-order chi connectivity index (χ0) is 70.2. The molecule has 0 atom stereocenters. The summed E-state index contributed by atoms with van der Waals surface area (Å²) in [4.78, 5) is 39.6. The van der Waals surface area contributed by atoms with Gasteiger partial charge in [0.15, 0.2) is 5.82 Å². The molecule has 3 fully saturated rings. The lowest BCUT2D eigenvalue weighted by Crippen LogP contribution is -2.47. The quantitative estimate of drug-likeness (QED) is 0.0260. The monoisotopic (exact) mass is 1370 g/mol. The van der Waals surface area contributed by atoms with Crippen molar-refractivity contribution in [3.05, 3.63) is 125 Å². The number of nitrogens with zero attached hydrogens (tertiary/aromatic N) is 14. The van der Waals surface area contributed by atoms with Crippen LogP contribution in [0, 0.1) is 20.8 Å². The number of carbonyl (C=O) groups excluding carboxylic acids is 1. The van der Waals surface area contributed by atoms with Gasteiger partial charge < -0.3 is 39.7 Å². The zero-order valence-electron chi connectivity index (χ0n) is 60.4. The number of amides is 1. The topological polar surface area (TPSA) is 286 Å². The minimum absolute atomic E-state index is 0.0679.